The summed E-state index contributed by atoms with van der Waals surface area (Å²) in [6.45, 7) is 0. The Morgan fingerprint density at radius 2 is 1.61 bits per heavy atom. The average molecular weight is 419 g/mol. The van der Waals surface area contributed by atoms with Crippen molar-refractivity contribution >= 4 is 11.0 Å². The van der Waals surface area contributed by atoms with E-state index in [2.05, 4.69) is 15.2 Å². The molecule has 8 heteroatoms. The smallest absolute Gasteiger partial charge is 0.317 e. The summed E-state index contributed by atoms with van der Waals surface area (Å²) in [4.78, 5) is 4.24. The largest absolute Gasteiger partial charge is 0.418 e. The highest BCUT2D eigenvalue weighted by Crippen LogP contribution is 2.39. The molecule has 5 rings (SSSR count). The van der Waals surface area contributed by atoms with Crippen molar-refractivity contribution in [3.63, 3.8) is 0 Å². The van der Waals surface area contributed by atoms with Crippen molar-refractivity contribution in [3.05, 3.63) is 84.9 Å². The zero-order valence-electron chi connectivity index (χ0n) is 16.4. The third kappa shape index (κ3) is 3.16. The van der Waals surface area contributed by atoms with Crippen LogP contribution in [-0.2, 0) is 13.2 Å². The molecule has 0 saturated heterocycles. The van der Waals surface area contributed by atoms with Crippen molar-refractivity contribution in [2.75, 3.05) is 0 Å². The van der Waals surface area contributed by atoms with Gasteiger partial charge in [-0.2, -0.15) is 13.2 Å². The lowest BCUT2D eigenvalue weighted by Gasteiger charge is -2.17. The average Bonchev–Trinajstić information content (AvgIpc) is 3.39. The zero-order valence-corrected chi connectivity index (χ0v) is 16.4. The molecule has 0 N–H and O–H groups in total. The standard InChI is InChI=1S/C23H16F3N5/c1-30-14-28-29-22(30)20-16(15-7-3-2-4-8-15)9-5-12-19(20)31-13-27-18-11-6-10-17(21(18)31)23(24,25)26/h2-14H,1H3. The number of aromatic nitrogens is 5. The molecule has 0 fully saturated rings. The first-order chi connectivity index (χ1) is 14.9. The van der Waals surface area contributed by atoms with Crippen LogP contribution >= 0.6 is 0 Å². The molecule has 0 radical (unpaired) electrons. The molecule has 2 heterocycles. The molecule has 0 unspecified atom stereocenters. The number of hydrogen-bond acceptors (Lipinski definition) is 3. The molecule has 2 aromatic heterocycles. The lowest BCUT2D eigenvalue weighted by atomic mass is 9.97. The monoisotopic (exact) mass is 419 g/mol. The van der Waals surface area contributed by atoms with Gasteiger partial charge in [-0.25, -0.2) is 4.98 Å². The van der Waals surface area contributed by atoms with Gasteiger partial charge < -0.3 is 4.57 Å². The summed E-state index contributed by atoms with van der Waals surface area (Å²) in [6, 6.07) is 19.2. The maximum absolute atomic E-state index is 13.8. The van der Waals surface area contributed by atoms with Gasteiger partial charge in [0.1, 0.15) is 12.7 Å². The number of alkyl halides is 3. The summed E-state index contributed by atoms with van der Waals surface area (Å²) in [5.41, 5.74) is 2.49. The molecule has 0 saturated carbocycles. The van der Waals surface area contributed by atoms with E-state index in [0.717, 1.165) is 17.2 Å². The molecule has 5 aromatic rings. The minimum absolute atomic E-state index is 0.00336. The van der Waals surface area contributed by atoms with Gasteiger partial charge >= 0.3 is 6.18 Å². The number of fused-ring (bicyclic) bond motifs is 1. The summed E-state index contributed by atoms with van der Waals surface area (Å²) in [5.74, 6) is 0.542. The van der Waals surface area contributed by atoms with E-state index in [4.69, 9.17) is 0 Å². The van der Waals surface area contributed by atoms with Crippen LogP contribution in [0.3, 0.4) is 0 Å². The minimum atomic E-state index is -4.51. The van der Waals surface area contributed by atoms with Gasteiger partial charge in [-0.15, -0.1) is 10.2 Å². The number of imidazole rings is 1. The number of hydrogen-bond donors (Lipinski definition) is 0. The molecule has 0 spiro atoms. The lowest BCUT2D eigenvalue weighted by Crippen LogP contribution is -2.09. The highest BCUT2D eigenvalue weighted by molar-refractivity contribution is 5.90. The third-order valence-corrected chi connectivity index (χ3v) is 5.20. The Bertz CT molecular complexity index is 1380. The van der Waals surface area contributed by atoms with Gasteiger partial charge in [0.15, 0.2) is 5.82 Å². The fourth-order valence-corrected chi connectivity index (χ4v) is 3.82. The maximum Gasteiger partial charge on any atom is 0.418 e. The molecule has 0 aliphatic rings. The van der Waals surface area contributed by atoms with Crippen LogP contribution in [0, 0.1) is 0 Å². The SMILES string of the molecule is Cn1cnnc1-c1c(-c2ccccc2)cccc1-n1cnc2cccc(C(F)(F)F)c21. The number of aryl methyl sites for hydroxylation is 1. The van der Waals surface area contributed by atoms with E-state index in [1.807, 2.05) is 42.5 Å². The van der Waals surface area contributed by atoms with E-state index in [0.29, 0.717) is 17.1 Å². The van der Waals surface area contributed by atoms with Gasteiger partial charge in [0, 0.05) is 7.05 Å². The van der Waals surface area contributed by atoms with Gasteiger partial charge in [-0.3, -0.25) is 4.57 Å². The van der Waals surface area contributed by atoms with Crippen LogP contribution < -0.4 is 0 Å². The van der Waals surface area contributed by atoms with Gasteiger partial charge in [0.25, 0.3) is 0 Å². The normalized spacial score (nSPS) is 11.9. The molecule has 3 aromatic carbocycles. The molecule has 0 bridgehead atoms. The van der Waals surface area contributed by atoms with E-state index in [9.17, 15) is 13.2 Å². The minimum Gasteiger partial charge on any atom is -0.317 e. The van der Waals surface area contributed by atoms with Gasteiger partial charge in [-0.05, 0) is 29.3 Å². The van der Waals surface area contributed by atoms with Gasteiger partial charge in [0.05, 0.1) is 27.8 Å². The van der Waals surface area contributed by atoms with Gasteiger partial charge in [0.2, 0.25) is 0 Å². The second-order valence-corrected chi connectivity index (χ2v) is 7.12. The number of rotatable bonds is 3. The summed E-state index contributed by atoms with van der Waals surface area (Å²) in [5, 5.41) is 8.23. The highest BCUT2D eigenvalue weighted by atomic mass is 19.4. The first kappa shape index (κ1) is 19.0. The Balaban J connectivity index is 1.88. The number of halogens is 3. The Kier molecular flexibility index (Phi) is 4.35. The van der Waals surface area contributed by atoms with E-state index < -0.39 is 11.7 Å². The molecule has 5 nitrogen and oxygen atoms in total. The van der Waals surface area contributed by atoms with E-state index >= 15 is 0 Å². The lowest BCUT2D eigenvalue weighted by molar-refractivity contribution is -0.136. The second kappa shape index (κ2) is 7.09. The van der Waals surface area contributed by atoms with Crippen LogP contribution in [0.5, 0.6) is 0 Å². The third-order valence-electron chi connectivity index (χ3n) is 5.20. The van der Waals surface area contributed by atoms with Crippen molar-refractivity contribution in [1.29, 1.82) is 0 Å². The highest BCUT2D eigenvalue weighted by Gasteiger charge is 2.34. The van der Waals surface area contributed by atoms with Crippen LogP contribution in [0.25, 0.3) is 39.2 Å². The van der Waals surface area contributed by atoms with Crippen molar-refractivity contribution in [1.82, 2.24) is 24.3 Å². The fraction of sp³-hybridized carbons (Fsp3) is 0.0870. The van der Waals surface area contributed by atoms with Crippen molar-refractivity contribution in [2.45, 2.75) is 6.18 Å². The molecule has 0 aliphatic carbocycles. The summed E-state index contributed by atoms with van der Waals surface area (Å²) in [7, 11) is 1.80. The van der Waals surface area contributed by atoms with Crippen LogP contribution in [-0.4, -0.2) is 24.3 Å². The first-order valence-corrected chi connectivity index (χ1v) is 9.51. The Morgan fingerprint density at radius 1 is 0.839 bits per heavy atom. The number of benzene rings is 3. The Labute approximate surface area is 175 Å². The van der Waals surface area contributed by atoms with Gasteiger partial charge in [-0.1, -0.05) is 48.5 Å². The van der Waals surface area contributed by atoms with Crippen LogP contribution in [0.2, 0.25) is 0 Å². The zero-order chi connectivity index (χ0) is 21.6. The summed E-state index contributed by atoms with van der Waals surface area (Å²) in [6.07, 6.45) is -1.53. The molecular weight excluding hydrogens is 403 g/mol. The summed E-state index contributed by atoms with van der Waals surface area (Å²) < 4.78 is 44.6. The predicted octanol–water partition coefficient (Wildman–Crippen LogP) is 5.51. The molecular formula is C23H16F3N5. The summed E-state index contributed by atoms with van der Waals surface area (Å²) >= 11 is 0. The molecule has 154 valence electrons. The second-order valence-electron chi connectivity index (χ2n) is 7.12. The molecule has 0 aliphatic heterocycles. The number of para-hydroxylation sites is 1. The van der Waals surface area contributed by atoms with Crippen molar-refractivity contribution in [3.8, 4) is 28.2 Å². The molecule has 31 heavy (non-hydrogen) atoms. The van der Waals surface area contributed by atoms with Crippen LogP contribution in [0.1, 0.15) is 5.56 Å². The molecule has 0 amide bonds. The Hall–Kier alpha value is -3.94. The number of nitrogens with zero attached hydrogens (tertiary/aromatic N) is 5. The first-order valence-electron chi connectivity index (χ1n) is 9.51. The predicted molar refractivity (Wildman–Crippen MR) is 112 cm³/mol. The van der Waals surface area contributed by atoms with Crippen molar-refractivity contribution < 1.29 is 13.2 Å². The van der Waals surface area contributed by atoms with E-state index in [1.165, 1.54) is 17.0 Å². The van der Waals surface area contributed by atoms with E-state index in [1.54, 1.807) is 30.1 Å². The molecule has 0 atom stereocenters. The maximum atomic E-state index is 13.8. The topological polar surface area (TPSA) is 48.5 Å². The van der Waals surface area contributed by atoms with E-state index in [-0.39, 0.29) is 11.0 Å². The fourth-order valence-electron chi connectivity index (χ4n) is 3.82. The Morgan fingerprint density at radius 3 is 2.32 bits per heavy atom. The van der Waals surface area contributed by atoms with Crippen molar-refractivity contribution in [2.24, 2.45) is 7.05 Å². The quantitative estimate of drug-likeness (QED) is 0.388. The van der Waals surface area contributed by atoms with Crippen LogP contribution in [0.15, 0.2) is 79.4 Å². The van der Waals surface area contributed by atoms with Crippen LogP contribution in [0.4, 0.5) is 13.2 Å².